The minimum Gasteiger partial charge on any atom is -0.280 e. The van der Waals surface area contributed by atoms with Gasteiger partial charge >= 0.3 is 0 Å². The zero-order chi connectivity index (χ0) is 12.3. The van der Waals surface area contributed by atoms with Crippen molar-refractivity contribution in [3.8, 4) is 0 Å². The van der Waals surface area contributed by atoms with Gasteiger partial charge in [-0.3, -0.25) is 9.08 Å². The summed E-state index contributed by atoms with van der Waals surface area (Å²) < 4.78 is 3.86. The number of benzene rings is 1. The molecule has 0 bridgehead atoms. The average Bonchev–Trinajstić information content (AvgIpc) is 2.91. The summed E-state index contributed by atoms with van der Waals surface area (Å²) in [5.74, 6) is 0.926. The van der Waals surface area contributed by atoms with E-state index < -0.39 is 0 Å². The number of hydrogen-bond acceptors (Lipinski definition) is 3. The number of nitrogens with zero attached hydrogens (tertiary/aromatic N) is 5. The van der Waals surface area contributed by atoms with Crippen LogP contribution >= 0.6 is 0 Å². The number of hydrogen-bond donors (Lipinski definition) is 0. The van der Waals surface area contributed by atoms with Crippen LogP contribution in [-0.2, 0) is 7.05 Å². The van der Waals surface area contributed by atoms with Crippen molar-refractivity contribution in [3.63, 3.8) is 0 Å². The lowest BCUT2D eigenvalue weighted by Crippen LogP contribution is -1.99. The van der Waals surface area contributed by atoms with E-state index in [1.165, 1.54) is 0 Å². The van der Waals surface area contributed by atoms with Gasteiger partial charge in [0, 0.05) is 7.05 Å². The summed E-state index contributed by atoms with van der Waals surface area (Å²) in [6, 6.07) is 8.09. The van der Waals surface area contributed by atoms with Crippen LogP contribution < -0.4 is 0 Å². The summed E-state index contributed by atoms with van der Waals surface area (Å²) in [6.45, 7) is 1.99. The number of aryl methyl sites for hydroxylation is 2. The van der Waals surface area contributed by atoms with Crippen LogP contribution in [0.3, 0.4) is 0 Å². The molecular formula is C13H11N5. The molecule has 5 nitrogen and oxygen atoms in total. The maximum Gasteiger partial charge on any atom is 0.163 e. The Labute approximate surface area is 103 Å². The SMILES string of the molecule is Cc1nc2c(cnn2C)c2nc3ccccc3n12. The predicted octanol–water partition coefficient (Wildman–Crippen LogP) is 2.08. The molecule has 5 heteroatoms. The Balaban J connectivity index is 2.38. The molecule has 0 atom stereocenters. The number of aromatic nitrogens is 5. The van der Waals surface area contributed by atoms with Gasteiger partial charge in [-0.1, -0.05) is 12.1 Å². The van der Waals surface area contributed by atoms with Gasteiger partial charge < -0.3 is 0 Å². The van der Waals surface area contributed by atoms with Crippen LogP contribution in [0.15, 0.2) is 30.5 Å². The van der Waals surface area contributed by atoms with E-state index in [4.69, 9.17) is 0 Å². The molecule has 88 valence electrons. The molecule has 0 amide bonds. The van der Waals surface area contributed by atoms with Crippen molar-refractivity contribution in [3.05, 3.63) is 36.3 Å². The van der Waals surface area contributed by atoms with Gasteiger partial charge in [0.2, 0.25) is 0 Å². The first-order valence-electron chi connectivity index (χ1n) is 5.81. The van der Waals surface area contributed by atoms with E-state index >= 15 is 0 Å². The van der Waals surface area contributed by atoms with E-state index in [0.717, 1.165) is 33.5 Å². The van der Waals surface area contributed by atoms with E-state index in [1.54, 1.807) is 4.68 Å². The molecule has 0 fully saturated rings. The van der Waals surface area contributed by atoms with E-state index in [0.29, 0.717) is 0 Å². The third-order valence-corrected chi connectivity index (χ3v) is 3.30. The number of fused-ring (bicyclic) bond motifs is 5. The highest BCUT2D eigenvalue weighted by Crippen LogP contribution is 2.23. The lowest BCUT2D eigenvalue weighted by molar-refractivity contribution is 0.782. The number of imidazole rings is 1. The van der Waals surface area contributed by atoms with Crippen molar-refractivity contribution in [2.45, 2.75) is 6.92 Å². The van der Waals surface area contributed by atoms with Gasteiger partial charge in [0.1, 0.15) is 5.82 Å². The molecular weight excluding hydrogens is 226 g/mol. The molecule has 1 aromatic carbocycles. The minimum atomic E-state index is 0.871. The summed E-state index contributed by atoms with van der Waals surface area (Å²) in [5, 5.41) is 5.24. The van der Waals surface area contributed by atoms with Crippen LogP contribution in [0.4, 0.5) is 0 Å². The van der Waals surface area contributed by atoms with Gasteiger partial charge in [-0.25, -0.2) is 9.97 Å². The minimum absolute atomic E-state index is 0.871. The summed E-state index contributed by atoms with van der Waals surface area (Å²) in [6.07, 6.45) is 1.82. The zero-order valence-corrected chi connectivity index (χ0v) is 10.1. The molecule has 0 radical (unpaired) electrons. The Bertz CT molecular complexity index is 900. The van der Waals surface area contributed by atoms with Crippen LogP contribution in [-0.4, -0.2) is 24.1 Å². The van der Waals surface area contributed by atoms with Crippen molar-refractivity contribution in [1.82, 2.24) is 24.1 Å². The van der Waals surface area contributed by atoms with Crippen LogP contribution in [0, 0.1) is 6.92 Å². The van der Waals surface area contributed by atoms with Gasteiger partial charge in [-0.05, 0) is 19.1 Å². The fourth-order valence-electron chi connectivity index (χ4n) is 2.46. The van der Waals surface area contributed by atoms with E-state index in [2.05, 4.69) is 25.5 Å². The van der Waals surface area contributed by atoms with Crippen molar-refractivity contribution < 1.29 is 0 Å². The molecule has 3 aromatic heterocycles. The maximum absolute atomic E-state index is 4.69. The summed E-state index contributed by atoms with van der Waals surface area (Å²) >= 11 is 0. The maximum atomic E-state index is 4.69. The Hall–Kier alpha value is -2.43. The second kappa shape index (κ2) is 3.07. The van der Waals surface area contributed by atoms with Crippen LogP contribution in [0.25, 0.3) is 27.7 Å². The molecule has 0 aliphatic heterocycles. The molecule has 4 aromatic rings. The third-order valence-electron chi connectivity index (χ3n) is 3.30. The Kier molecular flexibility index (Phi) is 1.63. The van der Waals surface area contributed by atoms with Crippen molar-refractivity contribution in [1.29, 1.82) is 0 Å². The molecule has 4 rings (SSSR count). The van der Waals surface area contributed by atoms with Crippen LogP contribution in [0.5, 0.6) is 0 Å². The van der Waals surface area contributed by atoms with Crippen molar-refractivity contribution in [2.75, 3.05) is 0 Å². The first-order valence-corrected chi connectivity index (χ1v) is 5.81. The summed E-state index contributed by atoms with van der Waals surface area (Å²) in [5.41, 5.74) is 3.86. The Morgan fingerprint density at radius 3 is 2.78 bits per heavy atom. The first-order chi connectivity index (χ1) is 8.75. The normalized spacial score (nSPS) is 11.9. The molecule has 3 heterocycles. The fraction of sp³-hybridized carbons (Fsp3) is 0.154. The van der Waals surface area contributed by atoms with Crippen LogP contribution in [0.1, 0.15) is 5.82 Å². The number of para-hydroxylation sites is 2. The predicted molar refractivity (Wildman–Crippen MR) is 69.5 cm³/mol. The van der Waals surface area contributed by atoms with Gasteiger partial charge in [-0.2, -0.15) is 5.10 Å². The molecule has 0 aliphatic carbocycles. The molecule has 0 aliphatic rings. The quantitative estimate of drug-likeness (QED) is 0.470. The van der Waals surface area contributed by atoms with E-state index in [1.807, 2.05) is 38.4 Å². The lowest BCUT2D eigenvalue weighted by atomic mass is 10.3. The lowest BCUT2D eigenvalue weighted by Gasteiger charge is -2.02. The van der Waals surface area contributed by atoms with E-state index in [9.17, 15) is 0 Å². The molecule has 0 saturated carbocycles. The second-order valence-electron chi connectivity index (χ2n) is 4.42. The first kappa shape index (κ1) is 9.58. The number of rotatable bonds is 0. The Morgan fingerprint density at radius 1 is 1.06 bits per heavy atom. The third kappa shape index (κ3) is 1.03. The molecule has 0 saturated heterocycles. The van der Waals surface area contributed by atoms with Crippen molar-refractivity contribution in [2.24, 2.45) is 7.05 Å². The van der Waals surface area contributed by atoms with Gasteiger partial charge in [-0.15, -0.1) is 0 Å². The monoisotopic (exact) mass is 237 g/mol. The molecule has 0 N–H and O–H groups in total. The van der Waals surface area contributed by atoms with Gasteiger partial charge in [0.15, 0.2) is 11.3 Å². The summed E-state index contributed by atoms with van der Waals surface area (Å²) in [4.78, 5) is 9.30. The molecule has 0 spiro atoms. The van der Waals surface area contributed by atoms with Gasteiger partial charge in [0.05, 0.1) is 22.6 Å². The standard InChI is InChI=1S/C13H11N5/c1-8-15-12-9(7-14-17(12)2)13-16-10-5-3-4-6-11(10)18(8)13/h3-7H,1-2H3. The highest BCUT2D eigenvalue weighted by atomic mass is 15.3. The van der Waals surface area contributed by atoms with Crippen molar-refractivity contribution >= 4 is 27.7 Å². The average molecular weight is 237 g/mol. The highest BCUT2D eigenvalue weighted by molar-refractivity contribution is 5.94. The van der Waals surface area contributed by atoms with E-state index in [-0.39, 0.29) is 0 Å². The highest BCUT2D eigenvalue weighted by Gasteiger charge is 2.13. The Morgan fingerprint density at radius 2 is 1.89 bits per heavy atom. The molecule has 0 unspecified atom stereocenters. The topological polar surface area (TPSA) is 48.0 Å². The van der Waals surface area contributed by atoms with Crippen LogP contribution in [0.2, 0.25) is 0 Å². The fourth-order valence-corrected chi connectivity index (χ4v) is 2.46. The zero-order valence-electron chi connectivity index (χ0n) is 10.1. The summed E-state index contributed by atoms with van der Waals surface area (Å²) in [7, 11) is 1.90. The smallest absolute Gasteiger partial charge is 0.163 e. The second-order valence-corrected chi connectivity index (χ2v) is 4.42. The van der Waals surface area contributed by atoms with Gasteiger partial charge in [0.25, 0.3) is 0 Å². The largest absolute Gasteiger partial charge is 0.280 e. The molecule has 18 heavy (non-hydrogen) atoms.